The summed E-state index contributed by atoms with van der Waals surface area (Å²) < 4.78 is 4.60. The summed E-state index contributed by atoms with van der Waals surface area (Å²) in [7, 11) is 0. The molecule has 0 spiro atoms. The maximum absolute atomic E-state index is 10.3. The third-order valence-corrected chi connectivity index (χ3v) is 3.13. The van der Waals surface area contributed by atoms with Gasteiger partial charge in [-0.05, 0) is 44.6 Å². The fourth-order valence-corrected chi connectivity index (χ4v) is 1.79. The molecule has 0 aromatic heterocycles. The van der Waals surface area contributed by atoms with E-state index in [9.17, 15) is 9.59 Å². The molecule has 0 amide bonds. The lowest BCUT2D eigenvalue weighted by atomic mass is 10.2. The monoisotopic (exact) mass is 364 g/mol. The van der Waals surface area contributed by atoms with Crippen LogP contribution < -0.4 is 0 Å². The highest BCUT2D eigenvalue weighted by Crippen LogP contribution is 1.99. The van der Waals surface area contributed by atoms with Crippen LogP contribution in [0.3, 0.4) is 0 Å². The van der Waals surface area contributed by atoms with Crippen LogP contribution in [-0.4, -0.2) is 17.0 Å². The third-order valence-electron chi connectivity index (χ3n) is 3.13. The molecule has 0 unspecified atom stereocenters. The summed E-state index contributed by atoms with van der Waals surface area (Å²) in [4.78, 5) is 20.4. The van der Waals surface area contributed by atoms with Crippen molar-refractivity contribution in [1.82, 2.24) is 0 Å². The summed E-state index contributed by atoms with van der Waals surface area (Å²) in [5.74, 6) is -1.01. The lowest BCUT2D eigenvalue weighted by Gasteiger charge is -1.90. The zero-order chi connectivity index (χ0) is 19.9. The molecule has 0 fully saturated rings. The van der Waals surface area contributed by atoms with Gasteiger partial charge in [0, 0.05) is 13.3 Å². The Morgan fingerprint density at radius 1 is 0.846 bits per heavy atom. The zero-order valence-electron chi connectivity index (χ0n) is 16.7. The predicted octanol–water partition coefficient (Wildman–Crippen LogP) is 6.35. The average Bonchev–Trinajstić information content (AvgIpc) is 2.60. The second-order valence-corrected chi connectivity index (χ2v) is 5.72. The standard InChI is InChI=1S/2C11H18O2/c1-3-4-5-6-7-8-9-10-13-11(2)12;1-2-3-4-5-6-7-8-9-10-11(12)13/h7-10H,3-6H2,1-2H3;3-4,7-8H,2,5-6,9-10H2,1H3,(H,12,13)/b;4-3-,8-7+. The number of allylic oxidation sites excluding steroid dienone is 7. The second-order valence-electron chi connectivity index (χ2n) is 5.72. The minimum Gasteiger partial charge on any atom is -0.481 e. The van der Waals surface area contributed by atoms with Crippen LogP contribution in [0.4, 0.5) is 0 Å². The molecule has 4 heteroatoms. The molecule has 26 heavy (non-hydrogen) atoms. The van der Waals surface area contributed by atoms with Gasteiger partial charge in [0.2, 0.25) is 0 Å². The maximum Gasteiger partial charge on any atom is 0.307 e. The number of aliphatic carboxylic acids is 1. The topological polar surface area (TPSA) is 63.6 Å². The van der Waals surface area contributed by atoms with Gasteiger partial charge in [0.15, 0.2) is 0 Å². The van der Waals surface area contributed by atoms with E-state index < -0.39 is 5.97 Å². The first-order valence-corrected chi connectivity index (χ1v) is 9.55. The van der Waals surface area contributed by atoms with Crippen LogP contribution in [0.2, 0.25) is 0 Å². The normalized spacial score (nSPS) is 11.3. The summed E-state index contributed by atoms with van der Waals surface area (Å²) in [5, 5.41) is 8.34. The first kappa shape index (κ1) is 26.1. The Bertz CT molecular complexity index is 445. The molecular formula is C22H36O4. The zero-order valence-corrected chi connectivity index (χ0v) is 16.7. The van der Waals surface area contributed by atoms with Crippen molar-refractivity contribution >= 4 is 11.9 Å². The van der Waals surface area contributed by atoms with Crippen LogP contribution in [0.5, 0.6) is 0 Å². The molecular weight excluding hydrogens is 328 g/mol. The molecule has 0 bridgehead atoms. The van der Waals surface area contributed by atoms with Crippen molar-refractivity contribution < 1.29 is 19.4 Å². The number of unbranched alkanes of at least 4 members (excludes halogenated alkanes) is 4. The summed E-state index contributed by atoms with van der Waals surface area (Å²) in [6.07, 6.45) is 24.3. The minimum atomic E-state index is -0.726. The number of esters is 1. The number of hydrogen-bond acceptors (Lipinski definition) is 3. The van der Waals surface area contributed by atoms with Gasteiger partial charge in [-0.3, -0.25) is 9.59 Å². The van der Waals surface area contributed by atoms with Crippen molar-refractivity contribution in [3.05, 3.63) is 48.8 Å². The average molecular weight is 365 g/mol. The largest absolute Gasteiger partial charge is 0.481 e. The number of ether oxygens (including phenoxy) is 1. The smallest absolute Gasteiger partial charge is 0.307 e. The fraction of sp³-hybridized carbons (Fsp3) is 0.545. The van der Waals surface area contributed by atoms with Crippen molar-refractivity contribution in [3.63, 3.8) is 0 Å². The molecule has 0 aromatic rings. The van der Waals surface area contributed by atoms with Crippen molar-refractivity contribution in [2.75, 3.05) is 0 Å². The van der Waals surface area contributed by atoms with Crippen LogP contribution in [0, 0.1) is 0 Å². The molecule has 0 rings (SSSR count). The number of carbonyl (C=O) groups excluding carboxylic acids is 1. The molecule has 4 nitrogen and oxygen atoms in total. The van der Waals surface area contributed by atoms with Crippen molar-refractivity contribution in [2.24, 2.45) is 0 Å². The molecule has 1 N–H and O–H groups in total. The van der Waals surface area contributed by atoms with Gasteiger partial charge in [-0.2, -0.15) is 0 Å². The minimum absolute atomic E-state index is 0.237. The van der Waals surface area contributed by atoms with Crippen molar-refractivity contribution in [3.8, 4) is 0 Å². The summed E-state index contributed by atoms with van der Waals surface area (Å²) in [6.45, 7) is 5.68. The van der Waals surface area contributed by atoms with Gasteiger partial charge >= 0.3 is 11.9 Å². The number of hydrogen-bond donors (Lipinski definition) is 1. The van der Waals surface area contributed by atoms with E-state index in [0.717, 1.165) is 25.7 Å². The van der Waals surface area contributed by atoms with Crippen LogP contribution in [0.1, 0.15) is 78.6 Å². The molecule has 0 saturated carbocycles. The van der Waals surface area contributed by atoms with Crippen molar-refractivity contribution in [2.45, 2.75) is 78.6 Å². The van der Waals surface area contributed by atoms with Gasteiger partial charge in [0.05, 0.1) is 6.26 Å². The summed E-state index contributed by atoms with van der Waals surface area (Å²) >= 11 is 0. The van der Waals surface area contributed by atoms with E-state index >= 15 is 0 Å². The summed E-state index contributed by atoms with van der Waals surface area (Å²) in [6, 6.07) is 0. The quantitative estimate of drug-likeness (QED) is 0.136. The molecule has 0 aliphatic heterocycles. The Morgan fingerprint density at radius 3 is 2.08 bits per heavy atom. The van der Waals surface area contributed by atoms with Crippen LogP contribution in [-0.2, 0) is 14.3 Å². The van der Waals surface area contributed by atoms with Gasteiger partial charge in [0.1, 0.15) is 0 Å². The van der Waals surface area contributed by atoms with Crippen LogP contribution in [0.25, 0.3) is 0 Å². The SMILES string of the molecule is CC/C=C\CC/C=C/CCC(=O)O.CCCCCC=CC=COC(C)=O. The highest BCUT2D eigenvalue weighted by Gasteiger charge is 1.90. The number of carboxylic acid groups (broad SMARTS) is 1. The molecule has 0 aliphatic carbocycles. The number of carbonyl (C=O) groups is 2. The fourth-order valence-electron chi connectivity index (χ4n) is 1.79. The van der Waals surface area contributed by atoms with E-state index in [1.807, 2.05) is 18.2 Å². The molecule has 0 radical (unpaired) electrons. The number of carboxylic acids is 1. The predicted molar refractivity (Wildman–Crippen MR) is 109 cm³/mol. The van der Waals surface area contributed by atoms with Gasteiger partial charge in [-0.1, -0.05) is 63.1 Å². The lowest BCUT2D eigenvalue weighted by molar-refractivity contribution is -0.137. The summed E-state index contributed by atoms with van der Waals surface area (Å²) in [5.41, 5.74) is 0. The molecule has 148 valence electrons. The molecule has 0 atom stereocenters. The van der Waals surface area contributed by atoms with Gasteiger partial charge in [-0.25, -0.2) is 0 Å². The van der Waals surface area contributed by atoms with E-state index in [1.54, 1.807) is 6.08 Å². The van der Waals surface area contributed by atoms with Gasteiger partial charge in [-0.15, -0.1) is 0 Å². The van der Waals surface area contributed by atoms with Gasteiger partial charge in [0.25, 0.3) is 0 Å². The van der Waals surface area contributed by atoms with E-state index in [-0.39, 0.29) is 12.4 Å². The molecule has 0 heterocycles. The third kappa shape index (κ3) is 29.9. The first-order valence-electron chi connectivity index (χ1n) is 9.55. The van der Waals surface area contributed by atoms with Crippen molar-refractivity contribution in [1.29, 1.82) is 0 Å². The Hall–Kier alpha value is -2.10. The Balaban J connectivity index is 0. The second kappa shape index (κ2) is 22.9. The molecule has 0 aromatic carbocycles. The lowest BCUT2D eigenvalue weighted by Crippen LogP contribution is -1.91. The highest BCUT2D eigenvalue weighted by atomic mass is 16.5. The Morgan fingerprint density at radius 2 is 1.50 bits per heavy atom. The van der Waals surface area contributed by atoms with Crippen LogP contribution >= 0.6 is 0 Å². The number of rotatable bonds is 13. The molecule has 0 aliphatic rings. The van der Waals surface area contributed by atoms with E-state index in [4.69, 9.17) is 5.11 Å². The van der Waals surface area contributed by atoms with E-state index in [1.165, 1.54) is 32.4 Å². The van der Waals surface area contributed by atoms with E-state index in [2.05, 4.69) is 36.8 Å². The van der Waals surface area contributed by atoms with Crippen LogP contribution in [0.15, 0.2) is 48.8 Å². The van der Waals surface area contributed by atoms with Gasteiger partial charge < -0.3 is 9.84 Å². The Kier molecular flexibility index (Phi) is 23.0. The molecule has 0 saturated heterocycles. The maximum atomic E-state index is 10.3. The Labute approximate surface area is 159 Å². The highest BCUT2D eigenvalue weighted by molar-refractivity contribution is 5.67. The van der Waals surface area contributed by atoms with E-state index in [0.29, 0.717) is 6.42 Å². The first-order chi connectivity index (χ1) is 12.5.